The first-order valence-electron chi connectivity index (χ1n) is 4.61. The Morgan fingerprint density at radius 3 is 2.88 bits per heavy atom. The molecule has 0 fully saturated rings. The van der Waals surface area contributed by atoms with Crippen molar-refractivity contribution in [2.75, 3.05) is 0 Å². The first-order chi connectivity index (χ1) is 7.74. The lowest BCUT2D eigenvalue weighted by Crippen LogP contribution is -1.91. The van der Waals surface area contributed by atoms with E-state index < -0.39 is 0 Å². The molecular weight excluding hydrogens is 228 g/mol. The van der Waals surface area contributed by atoms with Crippen molar-refractivity contribution in [2.24, 2.45) is 0 Å². The topological polar surface area (TPSA) is 59.1 Å². The standard InChI is InChI=1S/C11H9ClN2O2/c1-7-11(15-6-13)10(14-16-7)8-4-2-3-5-9(8)12/h2-6,13H,1H3. The van der Waals surface area contributed by atoms with E-state index in [-0.39, 0.29) is 0 Å². The molecule has 5 heteroatoms. The molecular formula is C11H9ClN2O2. The van der Waals surface area contributed by atoms with Gasteiger partial charge in [-0.25, -0.2) is 0 Å². The molecule has 0 bridgehead atoms. The number of aryl methyl sites for hydroxylation is 1. The second kappa shape index (κ2) is 4.37. The number of aromatic nitrogens is 1. The van der Waals surface area contributed by atoms with Crippen LogP contribution in [0.3, 0.4) is 0 Å². The Morgan fingerprint density at radius 2 is 2.19 bits per heavy atom. The van der Waals surface area contributed by atoms with Gasteiger partial charge < -0.3 is 9.26 Å². The van der Waals surface area contributed by atoms with Crippen LogP contribution in [0.25, 0.3) is 11.3 Å². The van der Waals surface area contributed by atoms with Crippen LogP contribution in [0.5, 0.6) is 5.75 Å². The summed E-state index contributed by atoms with van der Waals surface area (Å²) in [5.41, 5.74) is 1.23. The van der Waals surface area contributed by atoms with Gasteiger partial charge in [0.25, 0.3) is 0 Å². The highest BCUT2D eigenvalue weighted by molar-refractivity contribution is 6.33. The molecule has 0 saturated carbocycles. The maximum Gasteiger partial charge on any atom is 0.199 e. The predicted octanol–water partition coefficient (Wildman–Crippen LogP) is 3.29. The van der Waals surface area contributed by atoms with E-state index in [0.717, 1.165) is 12.0 Å². The minimum atomic E-state index is 0.420. The van der Waals surface area contributed by atoms with Crippen molar-refractivity contribution in [3.63, 3.8) is 0 Å². The van der Waals surface area contributed by atoms with E-state index in [1.807, 2.05) is 18.2 Å². The molecule has 1 aromatic carbocycles. The molecule has 1 N–H and O–H groups in total. The molecule has 2 rings (SSSR count). The van der Waals surface area contributed by atoms with Gasteiger partial charge in [-0.3, -0.25) is 5.41 Å². The van der Waals surface area contributed by atoms with E-state index >= 15 is 0 Å². The van der Waals surface area contributed by atoms with Crippen molar-refractivity contribution in [3.05, 3.63) is 35.0 Å². The molecule has 4 nitrogen and oxygen atoms in total. The zero-order valence-electron chi connectivity index (χ0n) is 8.53. The van der Waals surface area contributed by atoms with Gasteiger partial charge in [0.15, 0.2) is 23.6 Å². The highest BCUT2D eigenvalue weighted by Crippen LogP contribution is 2.35. The van der Waals surface area contributed by atoms with Crippen molar-refractivity contribution in [2.45, 2.75) is 6.92 Å². The normalized spacial score (nSPS) is 10.1. The van der Waals surface area contributed by atoms with Crippen molar-refractivity contribution in [1.29, 1.82) is 5.41 Å². The highest BCUT2D eigenvalue weighted by Gasteiger charge is 2.17. The fraction of sp³-hybridized carbons (Fsp3) is 0.0909. The Hall–Kier alpha value is -1.81. The van der Waals surface area contributed by atoms with Crippen LogP contribution in [-0.4, -0.2) is 11.6 Å². The third kappa shape index (κ3) is 1.79. The molecule has 0 radical (unpaired) electrons. The number of halogens is 1. The molecule has 2 aromatic rings. The summed E-state index contributed by atoms with van der Waals surface area (Å²) >= 11 is 6.05. The van der Waals surface area contributed by atoms with Gasteiger partial charge in [-0.2, -0.15) is 0 Å². The van der Waals surface area contributed by atoms with Gasteiger partial charge in [0.2, 0.25) is 0 Å². The lowest BCUT2D eigenvalue weighted by atomic mass is 10.1. The maximum absolute atomic E-state index is 6.94. The van der Waals surface area contributed by atoms with Crippen LogP contribution in [0, 0.1) is 12.3 Å². The minimum Gasteiger partial charge on any atom is -0.440 e. The molecule has 0 aliphatic rings. The highest BCUT2D eigenvalue weighted by atomic mass is 35.5. The Morgan fingerprint density at radius 1 is 1.44 bits per heavy atom. The molecule has 0 saturated heterocycles. The number of nitrogens with zero attached hydrogens (tertiary/aromatic N) is 1. The zero-order chi connectivity index (χ0) is 11.5. The first kappa shape index (κ1) is 10.7. The van der Waals surface area contributed by atoms with E-state index in [1.54, 1.807) is 13.0 Å². The molecule has 0 aliphatic carbocycles. The molecule has 16 heavy (non-hydrogen) atoms. The second-order valence-electron chi connectivity index (χ2n) is 3.13. The Balaban J connectivity index is 2.56. The van der Waals surface area contributed by atoms with Gasteiger partial charge in [-0.15, -0.1) is 0 Å². The van der Waals surface area contributed by atoms with Crippen LogP contribution in [0.1, 0.15) is 5.76 Å². The summed E-state index contributed by atoms with van der Waals surface area (Å²) in [5, 5.41) is 11.4. The summed E-state index contributed by atoms with van der Waals surface area (Å²) in [4.78, 5) is 0. The molecule has 0 amide bonds. The monoisotopic (exact) mass is 236 g/mol. The van der Waals surface area contributed by atoms with Gasteiger partial charge in [0.1, 0.15) is 0 Å². The van der Waals surface area contributed by atoms with E-state index in [1.165, 1.54) is 0 Å². The summed E-state index contributed by atoms with van der Waals surface area (Å²) in [6.45, 7) is 1.71. The lowest BCUT2D eigenvalue weighted by molar-refractivity contribution is 0.393. The first-order valence-corrected chi connectivity index (χ1v) is 4.98. The largest absolute Gasteiger partial charge is 0.440 e. The van der Waals surface area contributed by atoms with Gasteiger partial charge in [0, 0.05) is 12.5 Å². The van der Waals surface area contributed by atoms with E-state index in [4.69, 9.17) is 26.3 Å². The van der Waals surface area contributed by atoms with E-state index in [2.05, 4.69) is 5.16 Å². The molecule has 1 heterocycles. The number of rotatable bonds is 3. The van der Waals surface area contributed by atoms with Crippen molar-refractivity contribution in [3.8, 4) is 17.0 Å². The number of hydrogen-bond donors (Lipinski definition) is 1. The van der Waals surface area contributed by atoms with E-state index in [9.17, 15) is 0 Å². The van der Waals surface area contributed by atoms with Crippen LogP contribution in [0.2, 0.25) is 5.02 Å². The summed E-state index contributed by atoms with van der Waals surface area (Å²) in [6.07, 6.45) is 0.833. The Kier molecular flexibility index (Phi) is 2.92. The molecule has 0 unspecified atom stereocenters. The average molecular weight is 237 g/mol. The third-order valence-corrected chi connectivity index (χ3v) is 2.44. The SMILES string of the molecule is Cc1onc(-c2ccccc2Cl)c1OC=N. The summed E-state index contributed by atoms with van der Waals surface area (Å²) in [5.74, 6) is 0.932. The number of benzene rings is 1. The Labute approximate surface area is 97.3 Å². The molecule has 0 atom stereocenters. The molecule has 1 aromatic heterocycles. The van der Waals surface area contributed by atoms with Gasteiger partial charge in [-0.1, -0.05) is 35.0 Å². The summed E-state index contributed by atoms with van der Waals surface area (Å²) < 4.78 is 10.1. The quantitative estimate of drug-likeness (QED) is 0.657. The fourth-order valence-corrected chi connectivity index (χ4v) is 1.61. The summed E-state index contributed by atoms with van der Waals surface area (Å²) in [6, 6.07) is 7.25. The smallest absolute Gasteiger partial charge is 0.199 e. The van der Waals surface area contributed by atoms with E-state index in [0.29, 0.717) is 22.2 Å². The van der Waals surface area contributed by atoms with Gasteiger partial charge in [0.05, 0.1) is 5.02 Å². The number of nitrogens with one attached hydrogen (secondary N) is 1. The zero-order valence-corrected chi connectivity index (χ0v) is 9.28. The summed E-state index contributed by atoms with van der Waals surface area (Å²) in [7, 11) is 0. The van der Waals surface area contributed by atoms with Crippen LogP contribution in [0.15, 0.2) is 28.8 Å². The molecule has 0 aliphatic heterocycles. The fourth-order valence-electron chi connectivity index (χ4n) is 1.39. The Bertz CT molecular complexity index is 522. The van der Waals surface area contributed by atoms with Crippen molar-refractivity contribution >= 4 is 18.0 Å². The number of hydrogen-bond acceptors (Lipinski definition) is 4. The minimum absolute atomic E-state index is 0.420. The van der Waals surface area contributed by atoms with Crippen molar-refractivity contribution in [1.82, 2.24) is 5.16 Å². The maximum atomic E-state index is 6.94. The lowest BCUT2D eigenvalue weighted by Gasteiger charge is -2.02. The number of ether oxygens (including phenoxy) is 1. The average Bonchev–Trinajstić information content (AvgIpc) is 2.62. The molecule has 82 valence electrons. The van der Waals surface area contributed by atoms with Crippen LogP contribution in [-0.2, 0) is 0 Å². The van der Waals surface area contributed by atoms with Crippen molar-refractivity contribution < 1.29 is 9.26 Å². The van der Waals surface area contributed by atoms with Crippen LogP contribution >= 0.6 is 11.6 Å². The van der Waals surface area contributed by atoms with Gasteiger partial charge >= 0.3 is 0 Å². The predicted molar refractivity (Wildman–Crippen MR) is 61.1 cm³/mol. The second-order valence-corrected chi connectivity index (χ2v) is 3.54. The third-order valence-electron chi connectivity index (χ3n) is 2.11. The molecule has 0 spiro atoms. The van der Waals surface area contributed by atoms with Crippen LogP contribution < -0.4 is 4.74 Å². The van der Waals surface area contributed by atoms with Crippen LogP contribution in [0.4, 0.5) is 0 Å². The van der Waals surface area contributed by atoms with Gasteiger partial charge in [-0.05, 0) is 6.07 Å².